The molecule has 20 heavy (non-hydrogen) atoms. The number of carbonyl (C=O) groups excluding carboxylic acids is 1. The van der Waals surface area contributed by atoms with E-state index < -0.39 is 44.1 Å². The van der Waals surface area contributed by atoms with E-state index in [1.165, 1.54) is 25.5 Å². The Labute approximate surface area is 113 Å². The number of amides is 1. The molecule has 0 spiro atoms. The minimum atomic E-state index is -4.85. The van der Waals surface area contributed by atoms with Crippen LogP contribution in [-0.4, -0.2) is 20.1 Å². The highest BCUT2D eigenvalue weighted by molar-refractivity contribution is 7.90. The summed E-state index contributed by atoms with van der Waals surface area (Å²) >= 11 is 0. The van der Waals surface area contributed by atoms with Gasteiger partial charge in [-0.1, -0.05) is 0 Å². The van der Waals surface area contributed by atoms with Gasteiger partial charge in [0.1, 0.15) is 23.1 Å². The van der Waals surface area contributed by atoms with Crippen molar-refractivity contribution in [1.82, 2.24) is 4.72 Å². The summed E-state index contributed by atoms with van der Waals surface area (Å²) in [5, 5.41) is 0. The average molecular weight is 311 g/mol. The summed E-state index contributed by atoms with van der Waals surface area (Å²) in [5.74, 6) is -4.59. The van der Waals surface area contributed by atoms with E-state index in [2.05, 4.69) is 4.74 Å². The third kappa shape index (κ3) is 4.12. The Balaban J connectivity index is 3.10. The zero-order valence-corrected chi connectivity index (χ0v) is 11.6. The summed E-state index contributed by atoms with van der Waals surface area (Å²) < 4.78 is 68.7. The highest BCUT2D eigenvalue weighted by Gasteiger charge is 2.29. The van der Waals surface area contributed by atoms with E-state index in [1.807, 2.05) is 0 Å². The Kier molecular flexibility index (Phi) is 4.33. The first-order valence-corrected chi connectivity index (χ1v) is 6.81. The predicted molar refractivity (Wildman–Crippen MR) is 62.9 cm³/mol. The van der Waals surface area contributed by atoms with Crippen molar-refractivity contribution in [3.63, 3.8) is 0 Å². The highest BCUT2D eigenvalue weighted by Crippen LogP contribution is 2.20. The maximum atomic E-state index is 13.3. The van der Waals surface area contributed by atoms with Crippen LogP contribution in [0.15, 0.2) is 17.0 Å². The van der Waals surface area contributed by atoms with Crippen molar-refractivity contribution in [2.75, 3.05) is 0 Å². The Morgan fingerprint density at radius 1 is 1.15 bits per heavy atom. The van der Waals surface area contributed by atoms with Crippen LogP contribution in [0.4, 0.5) is 18.0 Å². The SMILES string of the molecule is CC(C)(C)OC(=O)NS(=O)(=O)c1c(F)cc(F)cc1F. The van der Waals surface area contributed by atoms with E-state index in [0.29, 0.717) is 0 Å². The molecule has 1 aromatic carbocycles. The zero-order valence-electron chi connectivity index (χ0n) is 10.8. The first kappa shape index (κ1) is 16.3. The molecule has 0 fully saturated rings. The molecule has 0 atom stereocenters. The smallest absolute Gasteiger partial charge is 0.421 e. The van der Waals surface area contributed by atoms with Gasteiger partial charge in [-0.3, -0.25) is 0 Å². The van der Waals surface area contributed by atoms with Crippen LogP contribution in [0.3, 0.4) is 0 Å². The Hall–Kier alpha value is -1.77. The van der Waals surface area contributed by atoms with Crippen LogP contribution in [0.2, 0.25) is 0 Å². The van der Waals surface area contributed by atoms with Gasteiger partial charge in [0, 0.05) is 12.1 Å². The molecule has 1 N–H and O–H groups in total. The molecule has 112 valence electrons. The monoisotopic (exact) mass is 311 g/mol. The highest BCUT2D eigenvalue weighted by atomic mass is 32.2. The van der Waals surface area contributed by atoms with Crippen molar-refractivity contribution in [3.8, 4) is 0 Å². The molecule has 5 nitrogen and oxygen atoms in total. The minimum absolute atomic E-state index is 0.187. The van der Waals surface area contributed by atoms with Gasteiger partial charge in [-0.05, 0) is 20.8 Å². The lowest BCUT2D eigenvalue weighted by molar-refractivity contribution is 0.0570. The third-order valence-corrected chi connectivity index (χ3v) is 3.21. The molecule has 0 bridgehead atoms. The van der Waals surface area contributed by atoms with E-state index in [4.69, 9.17) is 0 Å². The molecule has 0 heterocycles. The van der Waals surface area contributed by atoms with Crippen molar-refractivity contribution in [2.24, 2.45) is 0 Å². The number of rotatable bonds is 2. The fourth-order valence-corrected chi connectivity index (χ4v) is 2.24. The zero-order chi connectivity index (χ0) is 15.7. The van der Waals surface area contributed by atoms with Crippen molar-refractivity contribution < 1.29 is 31.1 Å². The van der Waals surface area contributed by atoms with Crippen LogP contribution in [0.25, 0.3) is 0 Å². The number of nitrogens with one attached hydrogen (secondary N) is 1. The van der Waals surface area contributed by atoms with Gasteiger partial charge in [-0.15, -0.1) is 0 Å². The van der Waals surface area contributed by atoms with Crippen LogP contribution >= 0.6 is 0 Å². The molecule has 0 unspecified atom stereocenters. The number of hydrogen-bond acceptors (Lipinski definition) is 4. The van der Waals surface area contributed by atoms with Gasteiger partial charge in [-0.25, -0.2) is 31.1 Å². The molecule has 9 heteroatoms. The second kappa shape index (κ2) is 5.31. The van der Waals surface area contributed by atoms with Crippen LogP contribution < -0.4 is 4.72 Å². The molecule has 0 aliphatic rings. The quantitative estimate of drug-likeness (QED) is 0.910. The summed E-state index contributed by atoms with van der Waals surface area (Å²) in [6.45, 7) is 4.41. The van der Waals surface area contributed by atoms with Gasteiger partial charge in [0.25, 0.3) is 10.0 Å². The molecular formula is C11H12F3NO4S. The van der Waals surface area contributed by atoms with Crippen molar-refractivity contribution in [1.29, 1.82) is 0 Å². The first-order chi connectivity index (χ1) is 8.92. The normalized spacial score (nSPS) is 12.1. The van der Waals surface area contributed by atoms with E-state index >= 15 is 0 Å². The average Bonchev–Trinajstić information content (AvgIpc) is 2.08. The van der Waals surface area contributed by atoms with E-state index in [1.54, 1.807) is 0 Å². The predicted octanol–water partition coefficient (Wildman–Crippen LogP) is 2.32. The second-order valence-corrected chi connectivity index (χ2v) is 6.43. The molecular weight excluding hydrogens is 299 g/mol. The van der Waals surface area contributed by atoms with Gasteiger partial charge < -0.3 is 4.74 Å². The topological polar surface area (TPSA) is 72.5 Å². The maximum Gasteiger partial charge on any atom is 0.421 e. The first-order valence-electron chi connectivity index (χ1n) is 5.33. The maximum absolute atomic E-state index is 13.3. The van der Waals surface area contributed by atoms with Crippen molar-refractivity contribution in [2.45, 2.75) is 31.3 Å². The summed E-state index contributed by atoms with van der Waals surface area (Å²) in [5.41, 5.74) is -1.00. The molecule has 0 saturated carbocycles. The Morgan fingerprint density at radius 2 is 1.60 bits per heavy atom. The fourth-order valence-electron chi connectivity index (χ4n) is 1.25. The van der Waals surface area contributed by atoms with Gasteiger partial charge >= 0.3 is 6.09 Å². The largest absolute Gasteiger partial charge is 0.443 e. The number of carbonyl (C=O) groups is 1. The molecule has 0 saturated heterocycles. The van der Waals surface area contributed by atoms with E-state index in [0.717, 1.165) is 0 Å². The molecule has 1 rings (SSSR count). The number of sulfonamides is 1. The van der Waals surface area contributed by atoms with Crippen molar-refractivity contribution in [3.05, 3.63) is 29.6 Å². The molecule has 0 radical (unpaired) electrons. The lowest BCUT2D eigenvalue weighted by Crippen LogP contribution is -2.37. The standard InChI is InChI=1S/C11H12F3NO4S/c1-11(2,3)19-10(16)15-20(17,18)9-7(13)4-6(12)5-8(9)14/h4-5H,1-3H3,(H,15,16). The Morgan fingerprint density at radius 3 is 2.00 bits per heavy atom. The summed E-state index contributed by atoms with van der Waals surface area (Å²) in [4.78, 5) is 9.85. The van der Waals surface area contributed by atoms with Crippen LogP contribution in [0.5, 0.6) is 0 Å². The molecule has 1 amide bonds. The van der Waals surface area contributed by atoms with E-state index in [-0.39, 0.29) is 12.1 Å². The minimum Gasteiger partial charge on any atom is -0.443 e. The second-order valence-electron chi connectivity index (χ2n) is 4.81. The molecule has 0 aliphatic carbocycles. The van der Waals surface area contributed by atoms with Crippen LogP contribution in [-0.2, 0) is 14.8 Å². The summed E-state index contributed by atoms with van der Waals surface area (Å²) in [7, 11) is -4.85. The van der Waals surface area contributed by atoms with Gasteiger partial charge in [0.15, 0.2) is 4.90 Å². The number of benzene rings is 1. The molecule has 0 aliphatic heterocycles. The van der Waals surface area contributed by atoms with Gasteiger partial charge in [0.05, 0.1) is 0 Å². The van der Waals surface area contributed by atoms with Gasteiger partial charge in [-0.2, -0.15) is 0 Å². The van der Waals surface area contributed by atoms with Crippen LogP contribution in [0.1, 0.15) is 20.8 Å². The number of ether oxygens (including phenoxy) is 1. The number of halogens is 3. The summed E-state index contributed by atoms with van der Waals surface area (Å²) in [6.07, 6.45) is -1.40. The molecule has 0 aromatic heterocycles. The third-order valence-electron chi connectivity index (χ3n) is 1.85. The lowest BCUT2D eigenvalue weighted by Gasteiger charge is -2.19. The van der Waals surface area contributed by atoms with Gasteiger partial charge in [0.2, 0.25) is 0 Å². The Bertz CT molecular complexity index is 615. The van der Waals surface area contributed by atoms with E-state index in [9.17, 15) is 26.4 Å². The summed E-state index contributed by atoms with van der Waals surface area (Å²) in [6, 6.07) is 0.374. The fraction of sp³-hybridized carbons (Fsp3) is 0.364. The van der Waals surface area contributed by atoms with Crippen LogP contribution in [0, 0.1) is 17.5 Å². The lowest BCUT2D eigenvalue weighted by atomic mass is 10.2. The number of hydrogen-bond donors (Lipinski definition) is 1. The van der Waals surface area contributed by atoms with Crippen molar-refractivity contribution >= 4 is 16.1 Å². The molecule has 1 aromatic rings.